The lowest BCUT2D eigenvalue weighted by Gasteiger charge is -2.05. The Morgan fingerprint density at radius 2 is 2.33 bits per heavy atom. The van der Waals surface area contributed by atoms with Crippen molar-refractivity contribution in [3.63, 3.8) is 0 Å². The quantitative estimate of drug-likeness (QED) is 0.815. The summed E-state index contributed by atoms with van der Waals surface area (Å²) in [6.07, 6.45) is -0.568. The minimum absolute atomic E-state index is 0.0802. The van der Waals surface area contributed by atoms with E-state index in [0.717, 1.165) is 11.4 Å². The van der Waals surface area contributed by atoms with Crippen molar-refractivity contribution in [3.8, 4) is 0 Å². The topological polar surface area (TPSA) is 68.3 Å². The van der Waals surface area contributed by atoms with Gasteiger partial charge in [-0.2, -0.15) is 0 Å². The van der Waals surface area contributed by atoms with Crippen LogP contribution in [0.1, 0.15) is 15.4 Å². The number of ketones is 1. The largest absolute Gasteiger partial charge is 0.453 e. The first-order chi connectivity index (χ1) is 7.20. The molecule has 2 heterocycles. The van der Waals surface area contributed by atoms with Crippen LogP contribution in [-0.4, -0.2) is 29.7 Å². The van der Waals surface area contributed by atoms with Crippen LogP contribution in [0.3, 0.4) is 0 Å². The van der Waals surface area contributed by atoms with Crippen LogP contribution in [0.25, 0.3) is 0 Å². The number of carbonyl (C=O) groups is 2. The molecule has 2 rings (SSSR count). The summed E-state index contributed by atoms with van der Waals surface area (Å²) in [5.74, 6) is 1.30. The molecule has 5 nitrogen and oxygen atoms in total. The van der Waals surface area contributed by atoms with Gasteiger partial charge in [0.05, 0.1) is 23.4 Å². The van der Waals surface area contributed by atoms with Crippen LogP contribution >= 0.6 is 23.1 Å². The van der Waals surface area contributed by atoms with Gasteiger partial charge in [-0.15, -0.1) is 11.8 Å². The minimum atomic E-state index is -0.568. The lowest BCUT2D eigenvalue weighted by Crippen LogP contribution is -2.10. The van der Waals surface area contributed by atoms with Gasteiger partial charge in [-0.1, -0.05) is 11.3 Å². The molecule has 1 aliphatic rings. The predicted octanol–water partition coefficient (Wildman–Crippen LogP) is 1.75. The molecular formula is C8H8N2O3S2. The molecular weight excluding hydrogens is 236 g/mol. The van der Waals surface area contributed by atoms with Gasteiger partial charge < -0.3 is 4.74 Å². The molecule has 1 amide bonds. The highest BCUT2D eigenvalue weighted by molar-refractivity contribution is 7.99. The molecule has 1 aliphatic heterocycles. The smallest absolute Gasteiger partial charge is 0.413 e. The molecule has 0 saturated heterocycles. The van der Waals surface area contributed by atoms with Gasteiger partial charge in [-0.05, 0) is 0 Å². The number of thioether (sulfide) groups is 1. The number of methoxy groups -OCH3 is 1. The van der Waals surface area contributed by atoms with Gasteiger partial charge in [0.1, 0.15) is 0 Å². The lowest BCUT2D eigenvalue weighted by atomic mass is 10.3. The van der Waals surface area contributed by atoms with Gasteiger partial charge in [-0.3, -0.25) is 10.1 Å². The highest BCUT2D eigenvalue weighted by Crippen LogP contribution is 2.31. The predicted molar refractivity (Wildman–Crippen MR) is 58.6 cm³/mol. The highest BCUT2D eigenvalue weighted by atomic mass is 32.2. The molecule has 1 N–H and O–H groups in total. The molecule has 0 unspecified atom stereocenters. The molecule has 0 saturated carbocycles. The maximum Gasteiger partial charge on any atom is 0.413 e. The number of fused-ring (bicyclic) bond motifs is 1. The number of Topliss-reactive ketones (excluding diaryl/α,β-unsaturated/α-hetero) is 1. The number of ether oxygens (including phenoxy) is 1. The van der Waals surface area contributed by atoms with E-state index in [9.17, 15) is 9.59 Å². The van der Waals surface area contributed by atoms with Gasteiger partial charge in [0.25, 0.3) is 0 Å². The van der Waals surface area contributed by atoms with E-state index in [-0.39, 0.29) is 5.78 Å². The number of hydrogen-bond donors (Lipinski definition) is 1. The van der Waals surface area contributed by atoms with E-state index in [2.05, 4.69) is 15.0 Å². The minimum Gasteiger partial charge on any atom is -0.453 e. The van der Waals surface area contributed by atoms with E-state index >= 15 is 0 Å². The van der Waals surface area contributed by atoms with E-state index in [1.807, 2.05) is 0 Å². The SMILES string of the molecule is COC(=O)Nc1nc2c(s1)C(=O)CSC2. The third-order valence-corrected chi connectivity index (χ3v) is 3.81. The molecule has 0 aliphatic carbocycles. The van der Waals surface area contributed by atoms with Crippen molar-refractivity contribution in [2.45, 2.75) is 5.75 Å². The van der Waals surface area contributed by atoms with Crippen molar-refractivity contribution >= 4 is 40.1 Å². The van der Waals surface area contributed by atoms with Crippen molar-refractivity contribution in [3.05, 3.63) is 10.6 Å². The first kappa shape index (κ1) is 10.4. The summed E-state index contributed by atoms with van der Waals surface area (Å²) < 4.78 is 4.44. The number of anilines is 1. The molecule has 15 heavy (non-hydrogen) atoms. The third-order valence-electron chi connectivity index (χ3n) is 1.82. The molecule has 0 atom stereocenters. The number of nitrogens with zero attached hydrogens (tertiary/aromatic N) is 1. The zero-order valence-electron chi connectivity index (χ0n) is 7.90. The monoisotopic (exact) mass is 244 g/mol. The number of hydrogen-bond acceptors (Lipinski definition) is 6. The number of nitrogens with one attached hydrogen (secondary N) is 1. The van der Waals surface area contributed by atoms with Crippen LogP contribution in [0, 0.1) is 0 Å². The van der Waals surface area contributed by atoms with E-state index in [1.54, 1.807) is 0 Å². The summed E-state index contributed by atoms with van der Waals surface area (Å²) in [5.41, 5.74) is 0.757. The number of amides is 1. The van der Waals surface area contributed by atoms with Gasteiger partial charge in [-0.25, -0.2) is 9.78 Å². The summed E-state index contributed by atoms with van der Waals surface area (Å²) in [7, 11) is 1.28. The van der Waals surface area contributed by atoms with Crippen LogP contribution in [-0.2, 0) is 10.5 Å². The zero-order chi connectivity index (χ0) is 10.8. The average Bonchev–Trinajstić information content (AvgIpc) is 2.62. The highest BCUT2D eigenvalue weighted by Gasteiger charge is 2.23. The second-order valence-corrected chi connectivity index (χ2v) is 4.81. The van der Waals surface area contributed by atoms with E-state index < -0.39 is 6.09 Å². The average molecular weight is 244 g/mol. The van der Waals surface area contributed by atoms with Crippen molar-refractivity contribution in [2.75, 3.05) is 18.2 Å². The summed E-state index contributed by atoms with van der Waals surface area (Å²) in [6, 6.07) is 0. The lowest BCUT2D eigenvalue weighted by molar-refractivity contribution is 0.102. The second-order valence-electron chi connectivity index (χ2n) is 2.83. The Bertz CT molecular complexity index is 416. The molecule has 0 fully saturated rings. The van der Waals surface area contributed by atoms with Crippen molar-refractivity contribution in [1.29, 1.82) is 0 Å². The van der Waals surface area contributed by atoms with Crippen molar-refractivity contribution in [1.82, 2.24) is 4.98 Å². The van der Waals surface area contributed by atoms with Gasteiger partial charge in [0.15, 0.2) is 10.9 Å². The molecule has 0 bridgehead atoms. The zero-order valence-corrected chi connectivity index (χ0v) is 9.54. The fourth-order valence-corrected chi connectivity index (χ4v) is 3.09. The Morgan fingerprint density at radius 1 is 1.53 bits per heavy atom. The summed E-state index contributed by atoms with van der Waals surface area (Å²) in [5, 5.41) is 2.87. The summed E-state index contributed by atoms with van der Waals surface area (Å²) >= 11 is 2.74. The Balaban J connectivity index is 2.22. The Labute approximate surface area is 94.2 Å². The first-order valence-electron chi connectivity index (χ1n) is 4.16. The molecule has 80 valence electrons. The number of aromatic nitrogens is 1. The standard InChI is InChI=1S/C8H8N2O3S2/c1-13-8(12)10-7-9-4-2-14-3-5(11)6(4)15-7/h2-3H2,1H3,(H,9,10,12). The number of thiazole rings is 1. The van der Waals surface area contributed by atoms with Crippen molar-refractivity contribution < 1.29 is 14.3 Å². The molecule has 0 radical (unpaired) electrons. The number of carbonyl (C=O) groups excluding carboxylic acids is 2. The molecule has 0 aromatic carbocycles. The van der Waals surface area contributed by atoms with E-state index in [0.29, 0.717) is 15.8 Å². The molecule has 1 aromatic rings. The normalized spacial score (nSPS) is 14.6. The fourth-order valence-electron chi connectivity index (χ4n) is 1.17. The van der Waals surface area contributed by atoms with Gasteiger partial charge >= 0.3 is 6.09 Å². The molecule has 7 heteroatoms. The van der Waals surface area contributed by atoms with Crippen LogP contribution in [0.4, 0.5) is 9.93 Å². The Hall–Kier alpha value is -1.08. The first-order valence-corrected chi connectivity index (χ1v) is 6.13. The van der Waals surface area contributed by atoms with Crippen LogP contribution < -0.4 is 5.32 Å². The second kappa shape index (κ2) is 4.19. The Morgan fingerprint density at radius 3 is 3.00 bits per heavy atom. The van der Waals surface area contributed by atoms with E-state index in [4.69, 9.17) is 0 Å². The molecule has 1 aromatic heterocycles. The fraction of sp³-hybridized carbons (Fsp3) is 0.375. The maximum absolute atomic E-state index is 11.5. The van der Waals surface area contributed by atoms with E-state index in [1.165, 1.54) is 30.2 Å². The van der Waals surface area contributed by atoms with Crippen LogP contribution in [0.2, 0.25) is 0 Å². The van der Waals surface area contributed by atoms with Crippen LogP contribution in [0.15, 0.2) is 0 Å². The van der Waals surface area contributed by atoms with Crippen LogP contribution in [0.5, 0.6) is 0 Å². The molecule has 0 spiro atoms. The maximum atomic E-state index is 11.5. The van der Waals surface area contributed by atoms with Crippen molar-refractivity contribution in [2.24, 2.45) is 0 Å². The third kappa shape index (κ3) is 2.13. The Kier molecular flexibility index (Phi) is 2.92. The summed E-state index contributed by atoms with van der Waals surface area (Å²) in [4.78, 5) is 27.2. The van der Waals surface area contributed by atoms with Gasteiger partial charge in [0.2, 0.25) is 0 Å². The number of rotatable bonds is 1. The summed E-state index contributed by atoms with van der Waals surface area (Å²) in [6.45, 7) is 0. The van der Waals surface area contributed by atoms with Gasteiger partial charge in [0, 0.05) is 5.75 Å².